The zero-order valence-electron chi connectivity index (χ0n) is 17.0. The lowest BCUT2D eigenvalue weighted by Gasteiger charge is -2.11. The molecule has 30 heavy (non-hydrogen) atoms. The number of ether oxygens (including phenoxy) is 3. The number of rotatable bonds is 6. The summed E-state index contributed by atoms with van der Waals surface area (Å²) in [6.45, 7) is 2.02. The lowest BCUT2D eigenvalue weighted by molar-refractivity contribution is 0.102. The number of benzene rings is 3. The molecule has 0 spiro atoms. The third-order valence-electron chi connectivity index (χ3n) is 4.72. The Morgan fingerprint density at radius 1 is 0.867 bits per heavy atom. The van der Waals surface area contributed by atoms with E-state index in [1.54, 1.807) is 38.5 Å². The maximum atomic E-state index is 12.8. The van der Waals surface area contributed by atoms with Gasteiger partial charge in [0.05, 0.1) is 19.9 Å². The average Bonchev–Trinajstić information content (AvgIpc) is 3.17. The first-order valence-electron chi connectivity index (χ1n) is 9.46. The largest absolute Gasteiger partial charge is 0.497 e. The van der Waals surface area contributed by atoms with Crippen LogP contribution in [0, 0.1) is 6.92 Å². The number of aromatic nitrogens is 1. The molecular weight excluding hydrogens is 380 g/mol. The van der Waals surface area contributed by atoms with Gasteiger partial charge in [0.1, 0.15) is 28.7 Å². The van der Waals surface area contributed by atoms with E-state index in [4.69, 9.17) is 14.2 Å². The summed E-state index contributed by atoms with van der Waals surface area (Å²) in [5.41, 5.74) is 2.97. The SMILES string of the molecule is COc1ccc(NC(=O)c2cc3cc(Oc4cccc(C)c4)ccc3[nH]2)c(OC)c1. The van der Waals surface area contributed by atoms with E-state index in [1.807, 2.05) is 49.4 Å². The van der Waals surface area contributed by atoms with Crippen molar-refractivity contribution in [2.24, 2.45) is 0 Å². The van der Waals surface area contributed by atoms with Crippen LogP contribution in [0.1, 0.15) is 16.1 Å². The number of aromatic amines is 1. The van der Waals surface area contributed by atoms with Crippen LogP contribution in [-0.4, -0.2) is 25.1 Å². The molecule has 0 aliphatic rings. The minimum Gasteiger partial charge on any atom is -0.497 e. The van der Waals surface area contributed by atoms with E-state index < -0.39 is 0 Å². The molecule has 0 saturated carbocycles. The number of carbonyl (C=O) groups is 1. The molecule has 0 aliphatic heterocycles. The van der Waals surface area contributed by atoms with Crippen LogP contribution in [-0.2, 0) is 0 Å². The van der Waals surface area contributed by atoms with Crippen LogP contribution in [0.25, 0.3) is 10.9 Å². The summed E-state index contributed by atoms with van der Waals surface area (Å²) in [6.07, 6.45) is 0. The Hall–Kier alpha value is -3.93. The Bertz CT molecular complexity index is 1210. The van der Waals surface area contributed by atoms with Gasteiger partial charge in [0.25, 0.3) is 5.91 Å². The van der Waals surface area contributed by atoms with Crippen LogP contribution in [0.3, 0.4) is 0 Å². The van der Waals surface area contributed by atoms with Crippen molar-refractivity contribution in [1.82, 2.24) is 4.98 Å². The first-order chi connectivity index (χ1) is 14.6. The van der Waals surface area contributed by atoms with Crippen molar-refractivity contribution in [3.05, 3.63) is 78.0 Å². The quantitative estimate of drug-likeness (QED) is 0.444. The fraction of sp³-hybridized carbons (Fsp3) is 0.125. The van der Waals surface area contributed by atoms with Crippen LogP contribution >= 0.6 is 0 Å². The number of nitrogens with one attached hydrogen (secondary N) is 2. The number of anilines is 1. The summed E-state index contributed by atoms with van der Waals surface area (Å²) in [5.74, 6) is 2.38. The third kappa shape index (κ3) is 4.07. The molecule has 0 bridgehead atoms. The number of H-pyrrole nitrogens is 1. The van der Waals surface area contributed by atoms with Gasteiger partial charge in [-0.3, -0.25) is 4.79 Å². The minimum atomic E-state index is -0.268. The normalized spacial score (nSPS) is 10.6. The molecule has 0 saturated heterocycles. The number of aryl methyl sites for hydroxylation is 1. The van der Waals surface area contributed by atoms with E-state index in [2.05, 4.69) is 10.3 Å². The maximum absolute atomic E-state index is 12.8. The molecular formula is C24H22N2O4. The first-order valence-corrected chi connectivity index (χ1v) is 9.46. The Labute approximate surface area is 174 Å². The molecule has 0 fully saturated rings. The van der Waals surface area contributed by atoms with Crippen molar-refractivity contribution < 1.29 is 19.0 Å². The summed E-state index contributed by atoms with van der Waals surface area (Å²) in [6, 6.07) is 20.5. The fourth-order valence-corrected chi connectivity index (χ4v) is 3.20. The van der Waals surface area contributed by atoms with E-state index >= 15 is 0 Å². The number of carbonyl (C=O) groups excluding carboxylic acids is 1. The van der Waals surface area contributed by atoms with Crippen LogP contribution in [0.15, 0.2) is 66.7 Å². The van der Waals surface area contributed by atoms with Gasteiger partial charge in [-0.25, -0.2) is 0 Å². The highest BCUT2D eigenvalue weighted by Gasteiger charge is 2.14. The molecule has 1 amide bonds. The van der Waals surface area contributed by atoms with Crippen molar-refractivity contribution in [1.29, 1.82) is 0 Å². The van der Waals surface area contributed by atoms with Gasteiger partial charge in [0.2, 0.25) is 0 Å². The second kappa shape index (κ2) is 8.21. The highest BCUT2D eigenvalue weighted by atomic mass is 16.5. The van der Waals surface area contributed by atoms with Crippen LogP contribution in [0.4, 0.5) is 5.69 Å². The monoisotopic (exact) mass is 402 g/mol. The number of methoxy groups -OCH3 is 2. The fourth-order valence-electron chi connectivity index (χ4n) is 3.20. The average molecular weight is 402 g/mol. The molecule has 152 valence electrons. The molecule has 3 aromatic carbocycles. The molecule has 0 atom stereocenters. The van der Waals surface area contributed by atoms with Crippen molar-refractivity contribution >= 4 is 22.5 Å². The molecule has 1 aromatic heterocycles. The Morgan fingerprint density at radius 3 is 2.43 bits per heavy atom. The predicted octanol–water partition coefficient (Wildman–Crippen LogP) is 5.54. The van der Waals surface area contributed by atoms with Crippen molar-refractivity contribution in [2.45, 2.75) is 6.92 Å². The van der Waals surface area contributed by atoms with Gasteiger partial charge >= 0.3 is 0 Å². The molecule has 0 unspecified atom stereocenters. The molecule has 2 N–H and O–H groups in total. The zero-order chi connectivity index (χ0) is 21.1. The number of hydrogen-bond donors (Lipinski definition) is 2. The summed E-state index contributed by atoms with van der Waals surface area (Å²) >= 11 is 0. The van der Waals surface area contributed by atoms with Gasteiger partial charge < -0.3 is 24.5 Å². The molecule has 6 heteroatoms. The zero-order valence-corrected chi connectivity index (χ0v) is 17.0. The summed E-state index contributed by atoms with van der Waals surface area (Å²) in [7, 11) is 3.12. The van der Waals surface area contributed by atoms with Gasteiger partial charge in [0, 0.05) is 17.0 Å². The number of amides is 1. The molecule has 0 radical (unpaired) electrons. The van der Waals surface area contributed by atoms with Gasteiger partial charge in [-0.15, -0.1) is 0 Å². The molecule has 1 heterocycles. The smallest absolute Gasteiger partial charge is 0.272 e. The Balaban J connectivity index is 1.55. The minimum absolute atomic E-state index is 0.268. The van der Waals surface area contributed by atoms with Gasteiger partial charge in [-0.2, -0.15) is 0 Å². The van der Waals surface area contributed by atoms with Gasteiger partial charge in [0.15, 0.2) is 0 Å². The van der Waals surface area contributed by atoms with Crippen molar-refractivity contribution in [2.75, 3.05) is 19.5 Å². The topological polar surface area (TPSA) is 72.6 Å². The van der Waals surface area contributed by atoms with Gasteiger partial charge in [-0.1, -0.05) is 12.1 Å². The van der Waals surface area contributed by atoms with Crippen LogP contribution < -0.4 is 19.5 Å². The van der Waals surface area contributed by atoms with E-state index in [0.29, 0.717) is 28.6 Å². The Kier molecular flexibility index (Phi) is 5.30. The number of fused-ring (bicyclic) bond motifs is 1. The Morgan fingerprint density at radius 2 is 1.67 bits per heavy atom. The second-order valence-corrected chi connectivity index (χ2v) is 6.87. The summed E-state index contributed by atoms with van der Waals surface area (Å²) in [5, 5.41) is 3.75. The van der Waals surface area contributed by atoms with E-state index in [1.165, 1.54) is 0 Å². The lowest BCUT2D eigenvalue weighted by Crippen LogP contribution is -2.13. The predicted molar refractivity (Wildman–Crippen MR) is 117 cm³/mol. The van der Waals surface area contributed by atoms with Crippen LogP contribution in [0.5, 0.6) is 23.0 Å². The molecule has 6 nitrogen and oxygen atoms in total. The summed E-state index contributed by atoms with van der Waals surface area (Å²) < 4.78 is 16.5. The van der Waals surface area contributed by atoms with E-state index in [-0.39, 0.29) is 5.91 Å². The molecule has 4 rings (SSSR count). The van der Waals surface area contributed by atoms with Gasteiger partial charge in [-0.05, 0) is 61.0 Å². The van der Waals surface area contributed by atoms with Crippen molar-refractivity contribution in [3.8, 4) is 23.0 Å². The van der Waals surface area contributed by atoms with Crippen LogP contribution in [0.2, 0.25) is 0 Å². The van der Waals surface area contributed by atoms with E-state index in [9.17, 15) is 4.79 Å². The highest BCUT2D eigenvalue weighted by molar-refractivity contribution is 6.06. The number of hydrogen-bond acceptors (Lipinski definition) is 4. The van der Waals surface area contributed by atoms with E-state index in [0.717, 1.165) is 22.2 Å². The molecule has 0 aliphatic carbocycles. The first kappa shape index (κ1) is 19.4. The second-order valence-electron chi connectivity index (χ2n) is 6.87. The highest BCUT2D eigenvalue weighted by Crippen LogP contribution is 2.30. The standard InChI is InChI=1S/C24H22N2O4/c1-15-5-4-6-18(11-15)30-19-8-9-20-16(12-19)13-22(25-20)24(27)26-21-10-7-17(28-2)14-23(21)29-3/h4-14,25H,1-3H3,(H,26,27). The maximum Gasteiger partial charge on any atom is 0.272 e. The van der Waals surface area contributed by atoms with Crippen molar-refractivity contribution in [3.63, 3.8) is 0 Å². The lowest BCUT2D eigenvalue weighted by atomic mass is 10.2. The molecule has 4 aromatic rings. The third-order valence-corrected chi connectivity index (χ3v) is 4.72. The summed E-state index contributed by atoms with van der Waals surface area (Å²) in [4.78, 5) is 15.9.